The number of aryl methyl sites for hydroxylation is 1. The van der Waals surface area contributed by atoms with Crippen molar-refractivity contribution in [3.63, 3.8) is 0 Å². The van der Waals surface area contributed by atoms with Gasteiger partial charge >= 0.3 is 0 Å². The number of H-pyrrole nitrogens is 1. The highest BCUT2D eigenvalue weighted by molar-refractivity contribution is 5.96. The van der Waals surface area contributed by atoms with Gasteiger partial charge in [-0.15, -0.1) is 0 Å². The molecular formula is C19H24N6O. The summed E-state index contributed by atoms with van der Waals surface area (Å²) >= 11 is 0. The predicted octanol–water partition coefficient (Wildman–Crippen LogP) is 3.40. The lowest BCUT2D eigenvalue weighted by molar-refractivity contribution is 0.402. The molecule has 1 fully saturated rings. The van der Waals surface area contributed by atoms with Crippen LogP contribution in [0.5, 0.6) is 5.88 Å². The first-order valence-corrected chi connectivity index (χ1v) is 9.04. The number of hydrogen-bond acceptors (Lipinski definition) is 6. The maximum Gasteiger partial charge on any atom is 0.225 e. The van der Waals surface area contributed by atoms with Gasteiger partial charge in [-0.25, -0.2) is 4.98 Å². The van der Waals surface area contributed by atoms with Gasteiger partial charge in [-0.1, -0.05) is 25.0 Å². The monoisotopic (exact) mass is 352 g/mol. The number of rotatable bonds is 4. The molecule has 136 valence electrons. The predicted molar refractivity (Wildman–Crippen MR) is 104 cm³/mol. The maximum absolute atomic E-state index is 10.2. The Labute approximate surface area is 152 Å². The molecule has 6 N–H and O–H groups in total. The fourth-order valence-electron chi connectivity index (χ4n) is 3.54. The van der Waals surface area contributed by atoms with E-state index in [1.54, 1.807) is 6.20 Å². The first-order chi connectivity index (χ1) is 12.6. The van der Waals surface area contributed by atoms with E-state index in [-0.39, 0.29) is 18.0 Å². The number of aromatic nitrogens is 3. The number of fused-ring (bicyclic) bond motifs is 1. The highest BCUT2D eigenvalue weighted by atomic mass is 16.3. The van der Waals surface area contributed by atoms with Crippen LogP contribution in [0, 0.1) is 6.92 Å². The van der Waals surface area contributed by atoms with Gasteiger partial charge in [0.25, 0.3) is 0 Å². The molecule has 2 atom stereocenters. The molecular weight excluding hydrogens is 328 g/mol. The third-order valence-electron chi connectivity index (χ3n) is 4.93. The third-order valence-corrected chi connectivity index (χ3v) is 4.93. The largest absolute Gasteiger partial charge is 0.494 e. The van der Waals surface area contributed by atoms with Crippen molar-refractivity contribution in [2.45, 2.75) is 44.7 Å². The van der Waals surface area contributed by atoms with Gasteiger partial charge in [0.05, 0.1) is 5.52 Å². The molecule has 2 aromatic heterocycles. The molecule has 7 nitrogen and oxygen atoms in total. The van der Waals surface area contributed by atoms with Gasteiger partial charge in [-0.3, -0.25) is 0 Å². The van der Waals surface area contributed by atoms with E-state index >= 15 is 0 Å². The Hall–Kier alpha value is -2.80. The quantitative estimate of drug-likeness (QED) is 0.492. The Morgan fingerprint density at radius 3 is 2.88 bits per heavy atom. The zero-order chi connectivity index (χ0) is 18.1. The summed E-state index contributed by atoms with van der Waals surface area (Å²) in [5.41, 5.74) is 8.95. The molecule has 0 aliphatic heterocycles. The molecule has 0 radical (unpaired) electrons. The van der Waals surface area contributed by atoms with Gasteiger partial charge in [-0.05, 0) is 37.5 Å². The van der Waals surface area contributed by atoms with E-state index < -0.39 is 0 Å². The Morgan fingerprint density at radius 1 is 1.23 bits per heavy atom. The number of anilines is 3. The van der Waals surface area contributed by atoms with Crippen molar-refractivity contribution in [1.82, 2.24) is 15.0 Å². The van der Waals surface area contributed by atoms with Crippen molar-refractivity contribution in [2.24, 2.45) is 5.73 Å². The molecule has 0 amide bonds. The van der Waals surface area contributed by atoms with Crippen LogP contribution in [-0.4, -0.2) is 32.1 Å². The van der Waals surface area contributed by atoms with E-state index in [0.29, 0.717) is 22.7 Å². The molecule has 1 aliphatic rings. The summed E-state index contributed by atoms with van der Waals surface area (Å²) in [6, 6.07) is 8.28. The first kappa shape index (κ1) is 16.7. The van der Waals surface area contributed by atoms with Crippen LogP contribution in [0.25, 0.3) is 10.9 Å². The summed E-state index contributed by atoms with van der Waals surface area (Å²) in [6.45, 7) is 2.03. The van der Waals surface area contributed by atoms with Crippen LogP contribution in [0.4, 0.5) is 17.5 Å². The topological polar surface area (TPSA) is 112 Å². The minimum Gasteiger partial charge on any atom is -0.494 e. The van der Waals surface area contributed by atoms with Crippen molar-refractivity contribution in [2.75, 3.05) is 10.6 Å². The highest BCUT2D eigenvalue weighted by Gasteiger charge is 2.23. The Kier molecular flexibility index (Phi) is 4.38. The van der Waals surface area contributed by atoms with Crippen molar-refractivity contribution in [3.8, 4) is 5.88 Å². The highest BCUT2D eigenvalue weighted by Crippen LogP contribution is 2.32. The molecule has 1 aromatic carbocycles. The standard InChI is InChI=1S/C19H24N6O/c1-11-5-4-6-12(9-11)22-17-16-15(10-21-18(16)26)24-19(25-17)23-14-8-3-2-7-13(14)20/h4-6,9-10,13-14,21,26H,2-3,7-8,20H2,1H3,(H2,22,23,24,25). The summed E-state index contributed by atoms with van der Waals surface area (Å²) in [7, 11) is 0. The first-order valence-electron chi connectivity index (χ1n) is 9.04. The van der Waals surface area contributed by atoms with E-state index in [2.05, 4.69) is 25.6 Å². The fourth-order valence-corrected chi connectivity index (χ4v) is 3.54. The molecule has 4 rings (SSSR count). The molecule has 0 bridgehead atoms. The molecule has 1 saturated carbocycles. The second-order valence-corrected chi connectivity index (χ2v) is 6.99. The lowest BCUT2D eigenvalue weighted by Gasteiger charge is -2.29. The second-order valence-electron chi connectivity index (χ2n) is 6.99. The van der Waals surface area contributed by atoms with E-state index in [9.17, 15) is 5.11 Å². The second kappa shape index (κ2) is 6.84. The van der Waals surface area contributed by atoms with Crippen LogP contribution < -0.4 is 16.4 Å². The molecule has 3 aromatic rings. The summed E-state index contributed by atoms with van der Waals surface area (Å²) < 4.78 is 0. The van der Waals surface area contributed by atoms with Crippen molar-refractivity contribution in [3.05, 3.63) is 36.0 Å². The lowest BCUT2D eigenvalue weighted by Crippen LogP contribution is -2.42. The summed E-state index contributed by atoms with van der Waals surface area (Å²) in [6.07, 6.45) is 6.04. The number of hydrogen-bond donors (Lipinski definition) is 5. The summed E-state index contributed by atoms with van der Waals surface area (Å²) in [5.74, 6) is 1.14. The number of nitrogens with zero attached hydrogens (tertiary/aromatic N) is 2. The van der Waals surface area contributed by atoms with E-state index in [0.717, 1.165) is 30.5 Å². The molecule has 2 heterocycles. The van der Waals surface area contributed by atoms with Crippen LogP contribution in [0.3, 0.4) is 0 Å². The fraction of sp³-hybridized carbons (Fsp3) is 0.368. The average molecular weight is 352 g/mol. The SMILES string of the molecule is Cc1cccc(Nc2nc(NC3CCCCC3N)nc3c[nH]c(O)c23)c1. The van der Waals surface area contributed by atoms with Gasteiger partial charge in [0.1, 0.15) is 11.2 Å². The minimum absolute atomic E-state index is 0.0519. The number of aromatic hydroxyl groups is 1. The van der Waals surface area contributed by atoms with E-state index in [1.807, 2.05) is 31.2 Å². The van der Waals surface area contributed by atoms with Gasteiger partial charge in [0, 0.05) is 24.0 Å². The molecule has 1 aliphatic carbocycles. The Bertz CT molecular complexity index is 922. The van der Waals surface area contributed by atoms with Crippen LogP contribution in [0.1, 0.15) is 31.2 Å². The maximum atomic E-state index is 10.2. The van der Waals surface area contributed by atoms with E-state index in [4.69, 9.17) is 5.73 Å². The van der Waals surface area contributed by atoms with Crippen molar-refractivity contribution < 1.29 is 5.11 Å². The van der Waals surface area contributed by atoms with Gasteiger partial charge < -0.3 is 26.5 Å². The minimum atomic E-state index is 0.0519. The van der Waals surface area contributed by atoms with Gasteiger partial charge in [-0.2, -0.15) is 4.98 Å². The number of benzene rings is 1. The molecule has 26 heavy (non-hydrogen) atoms. The molecule has 7 heteroatoms. The van der Waals surface area contributed by atoms with Crippen LogP contribution >= 0.6 is 0 Å². The summed E-state index contributed by atoms with van der Waals surface area (Å²) in [4.78, 5) is 12.0. The third kappa shape index (κ3) is 3.30. The van der Waals surface area contributed by atoms with Crippen molar-refractivity contribution >= 4 is 28.4 Å². The molecule has 0 spiro atoms. The zero-order valence-corrected chi connectivity index (χ0v) is 14.8. The average Bonchev–Trinajstić information content (AvgIpc) is 2.98. The molecule has 2 unspecified atom stereocenters. The van der Waals surface area contributed by atoms with Crippen molar-refractivity contribution in [1.29, 1.82) is 0 Å². The van der Waals surface area contributed by atoms with Crippen LogP contribution in [0.2, 0.25) is 0 Å². The normalized spacial score (nSPS) is 20.2. The van der Waals surface area contributed by atoms with Gasteiger partial charge in [0.15, 0.2) is 0 Å². The van der Waals surface area contributed by atoms with E-state index in [1.165, 1.54) is 6.42 Å². The van der Waals surface area contributed by atoms with Crippen LogP contribution in [0.15, 0.2) is 30.5 Å². The smallest absolute Gasteiger partial charge is 0.225 e. The number of nitrogens with one attached hydrogen (secondary N) is 3. The molecule has 0 saturated heterocycles. The Balaban J connectivity index is 1.69. The Morgan fingerprint density at radius 2 is 2.08 bits per heavy atom. The lowest BCUT2D eigenvalue weighted by atomic mass is 9.91. The zero-order valence-electron chi connectivity index (χ0n) is 14.8. The summed E-state index contributed by atoms with van der Waals surface area (Å²) in [5, 5.41) is 17.4. The van der Waals surface area contributed by atoms with Crippen LogP contribution in [-0.2, 0) is 0 Å². The number of nitrogens with two attached hydrogens (primary N) is 1. The number of aromatic amines is 1. The van der Waals surface area contributed by atoms with Gasteiger partial charge in [0.2, 0.25) is 11.8 Å².